The summed E-state index contributed by atoms with van der Waals surface area (Å²) in [4.78, 5) is 12.9. The van der Waals surface area contributed by atoms with Crippen LogP contribution < -0.4 is 11.1 Å². The van der Waals surface area contributed by atoms with Crippen LogP contribution in [-0.4, -0.2) is 18.5 Å². The van der Waals surface area contributed by atoms with Gasteiger partial charge in [-0.3, -0.25) is 4.79 Å². The average molecular weight is 252 g/mol. The predicted molar refractivity (Wildman–Crippen MR) is 73.1 cm³/mol. The molecule has 0 aliphatic carbocycles. The van der Waals surface area contributed by atoms with Crippen molar-refractivity contribution in [2.75, 3.05) is 6.54 Å². The summed E-state index contributed by atoms with van der Waals surface area (Å²) in [5, 5.41) is 4.93. The van der Waals surface area contributed by atoms with E-state index in [1.807, 2.05) is 11.4 Å². The van der Waals surface area contributed by atoms with Crippen LogP contribution >= 0.6 is 11.3 Å². The zero-order valence-electron chi connectivity index (χ0n) is 10.4. The maximum absolute atomic E-state index is 11.7. The predicted octanol–water partition coefficient (Wildman–Crippen LogP) is 2.05. The first kappa shape index (κ1) is 13.9. The molecule has 17 heavy (non-hydrogen) atoms. The second-order valence-electron chi connectivity index (χ2n) is 4.71. The van der Waals surface area contributed by atoms with Crippen LogP contribution in [0, 0.1) is 0 Å². The van der Waals surface area contributed by atoms with Crippen LogP contribution in [-0.2, 0) is 10.2 Å². The molecule has 1 amide bonds. The molecule has 0 aliphatic heterocycles. The Balaban J connectivity index is 2.50. The summed E-state index contributed by atoms with van der Waals surface area (Å²) < 4.78 is 0. The summed E-state index contributed by atoms with van der Waals surface area (Å²) in [7, 11) is 0. The van der Waals surface area contributed by atoms with Crippen LogP contribution in [0.5, 0.6) is 0 Å². The first-order chi connectivity index (χ1) is 7.97. The van der Waals surface area contributed by atoms with Crippen molar-refractivity contribution in [1.29, 1.82) is 0 Å². The SMILES string of the molecule is C=CCC(N)C(=O)NCC(C)(C)c1cccs1. The van der Waals surface area contributed by atoms with Gasteiger partial charge in [0.05, 0.1) is 6.04 Å². The molecule has 1 aromatic rings. The summed E-state index contributed by atoms with van der Waals surface area (Å²) in [5.74, 6) is -0.116. The molecule has 4 heteroatoms. The Kier molecular flexibility index (Phi) is 4.90. The Morgan fingerprint density at radius 1 is 1.71 bits per heavy atom. The molecule has 0 aromatic carbocycles. The third-order valence-electron chi connectivity index (χ3n) is 2.65. The largest absolute Gasteiger partial charge is 0.354 e. The van der Waals surface area contributed by atoms with Crippen LogP contribution in [0.4, 0.5) is 0 Å². The van der Waals surface area contributed by atoms with E-state index < -0.39 is 6.04 Å². The minimum absolute atomic E-state index is 0.0578. The zero-order chi connectivity index (χ0) is 12.9. The number of rotatable bonds is 6. The van der Waals surface area contributed by atoms with Gasteiger partial charge in [0.15, 0.2) is 0 Å². The second-order valence-corrected chi connectivity index (χ2v) is 5.66. The quantitative estimate of drug-likeness (QED) is 0.761. The second kappa shape index (κ2) is 5.98. The zero-order valence-corrected chi connectivity index (χ0v) is 11.2. The van der Waals surface area contributed by atoms with Gasteiger partial charge in [0.2, 0.25) is 5.91 Å². The number of thiophene rings is 1. The van der Waals surface area contributed by atoms with Gasteiger partial charge >= 0.3 is 0 Å². The molecule has 1 unspecified atom stereocenters. The molecule has 0 bridgehead atoms. The van der Waals surface area contributed by atoms with Crippen molar-refractivity contribution in [3.8, 4) is 0 Å². The van der Waals surface area contributed by atoms with Gasteiger partial charge in [0.25, 0.3) is 0 Å². The summed E-state index contributed by atoms with van der Waals surface area (Å²) in [6, 6.07) is 3.61. The number of hydrogen-bond donors (Lipinski definition) is 2. The highest BCUT2D eigenvalue weighted by Crippen LogP contribution is 2.26. The number of nitrogens with two attached hydrogens (primary N) is 1. The fraction of sp³-hybridized carbons (Fsp3) is 0.462. The van der Waals surface area contributed by atoms with Crippen LogP contribution in [0.1, 0.15) is 25.1 Å². The molecule has 3 N–H and O–H groups in total. The molecule has 1 aromatic heterocycles. The first-order valence-electron chi connectivity index (χ1n) is 5.65. The van der Waals surface area contributed by atoms with Crippen LogP contribution in [0.15, 0.2) is 30.2 Å². The molecule has 0 spiro atoms. The van der Waals surface area contributed by atoms with E-state index in [9.17, 15) is 4.79 Å². The lowest BCUT2D eigenvalue weighted by Gasteiger charge is -2.24. The maximum atomic E-state index is 11.7. The molecule has 0 aliphatic rings. The summed E-state index contributed by atoms with van der Waals surface area (Å²) >= 11 is 1.70. The number of carbonyl (C=O) groups is 1. The van der Waals surface area contributed by atoms with Gasteiger partial charge in [-0.25, -0.2) is 0 Å². The van der Waals surface area contributed by atoms with E-state index in [1.54, 1.807) is 17.4 Å². The maximum Gasteiger partial charge on any atom is 0.237 e. The van der Waals surface area contributed by atoms with Crippen molar-refractivity contribution < 1.29 is 4.79 Å². The van der Waals surface area contributed by atoms with Gasteiger partial charge < -0.3 is 11.1 Å². The molecular weight excluding hydrogens is 232 g/mol. The number of amides is 1. The van der Waals surface area contributed by atoms with E-state index in [1.165, 1.54) is 4.88 Å². The lowest BCUT2D eigenvalue weighted by atomic mass is 9.91. The smallest absolute Gasteiger partial charge is 0.237 e. The number of hydrogen-bond acceptors (Lipinski definition) is 3. The molecule has 0 saturated heterocycles. The standard InChI is InChI=1S/C13H20N2OS/c1-4-6-10(14)12(16)15-9-13(2,3)11-7-5-8-17-11/h4-5,7-8,10H,1,6,9,14H2,2-3H3,(H,15,16). The number of carbonyl (C=O) groups excluding carboxylic acids is 1. The van der Waals surface area contributed by atoms with E-state index in [4.69, 9.17) is 5.73 Å². The third kappa shape index (κ3) is 3.98. The first-order valence-corrected chi connectivity index (χ1v) is 6.53. The molecule has 0 radical (unpaired) electrons. The highest BCUT2D eigenvalue weighted by Gasteiger charge is 2.23. The van der Waals surface area contributed by atoms with Crippen molar-refractivity contribution in [3.05, 3.63) is 35.0 Å². The normalized spacial score (nSPS) is 13.1. The van der Waals surface area contributed by atoms with E-state index in [2.05, 4.69) is 31.8 Å². The molecule has 1 atom stereocenters. The van der Waals surface area contributed by atoms with Crippen LogP contribution in [0.2, 0.25) is 0 Å². The van der Waals surface area contributed by atoms with E-state index in [0.29, 0.717) is 13.0 Å². The van der Waals surface area contributed by atoms with E-state index >= 15 is 0 Å². The summed E-state index contributed by atoms with van der Waals surface area (Å²) in [6.07, 6.45) is 2.17. The summed E-state index contributed by atoms with van der Waals surface area (Å²) in [5.41, 5.74) is 5.64. The van der Waals surface area contributed by atoms with Crippen molar-refractivity contribution >= 4 is 17.2 Å². The lowest BCUT2D eigenvalue weighted by molar-refractivity contribution is -0.122. The highest BCUT2D eigenvalue weighted by atomic mass is 32.1. The molecule has 1 heterocycles. The third-order valence-corrected chi connectivity index (χ3v) is 3.89. The molecule has 3 nitrogen and oxygen atoms in total. The number of nitrogens with one attached hydrogen (secondary N) is 1. The average Bonchev–Trinajstić information content (AvgIpc) is 2.80. The molecule has 0 saturated carbocycles. The molecule has 1 rings (SSSR count). The van der Waals surface area contributed by atoms with Crippen molar-refractivity contribution in [2.45, 2.75) is 31.7 Å². The minimum atomic E-state index is -0.494. The van der Waals surface area contributed by atoms with Crippen LogP contribution in [0.25, 0.3) is 0 Å². The monoisotopic (exact) mass is 252 g/mol. The van der Waals surface area contributed by atoms with Gasteiger partial charge in [0.1, 0.15) is 0 Å². The van der Waals surface area contributed by atoms with Gasteiger partial charge in [-0.05, 0) is 17.9 Å². The molecular formula is C13H20N2OS. The lowest BCUT2D eigenvalue weighted by Crippen LogP contribution is -2.44. The Morgan fingerprint density at radius 3 is 2.94 bits per heavy atom. The Labute approximate surface area is 107 Å². The van der Waals surface area contributed by atoms with Crippen molar-refractivity contribution in [3.63, 3.8) is 0 Å². The van der Waals surface area contributed by atoms with E-state index in [0.717, 1.165) is 0 Å². The Hall–Kier alpha value is -1.13. The van der Waals surface area contributed by atoms with Gasteiger partial charge in [-0.2, -0.15) is 0 Å². The highest BCUT2D eigenvalue weighted by molar-refractivity contribution is 7.10. The molecule has 94 valence electrons. The summed E-state index contributed by atoms with van der Waals surface area (Å²) in [6.45, 7) is 8.39. The minimum Gasteiger partial charge on any atom is -0.354 e. The topological polar surface area (TPSA) is 55.1 Å². The Morgan fingerprint density at radius 2 is 2.41 bits per heavy atom. The fourth-order valence-corrected chi connectivity index (χ4v) is 2.33. The van der Waals surface area contributed by atoms with Gasteiger partial charge in [-0.1, -0.05) is 26.0 Å². The van der Waals surface area contributed by atoms with Gasteiger partial charge in [0, 0.05) is 16.8 Å². The fourth-order valence-electron chi connectivity index (χ4n) is 1.48. The van der Waals surface area contributed by atoms with Crippen LogP contribution in [0.3, 0.4) is 0 Å². The molecule has 0 fully saturated rings. The van der Waals surface area contributed by atoms with Gasteiger partial charge in [-0.15, -0.1) is 17.9 Å². The van der Waals surface area contributed by atoms with Crippen molar-refractivity contribution in [2.24, 2.45) is 5.73 Å². The Bertz CT molecular complexity index is 371. The van der Waals surface area contributed by atoms with E-state index in [-0.39, 0.29) is 11.3 Å². The van der Waals surface area contributed by atoms with Crippen molar-refractivity contribution in [1.82, 2.24) is 5.32 Å².